The van der Waals surface area contributed by atoms with E-state index < -0.39 is 0 Å². The third kappa shape index (κ3) is 3.51. The third-order valence-electron chi connectivity index (χ3n) is 3.03. The quantitative estimate of drug-likeness (QED) is 0.805. The average molecular weight is 224 g/mol. The first kappa shape index (κ1) is 11.0. The minimum atomic E-state index is 0.619. The summed E-state index contributed by atoms with van der Waals surface area (Å²) in [5.41, 5.74) is 1.39. The van der Waals surface area contributed by atoms with Gasteiger partial charge in [-0.15, -0.1) is 0 Å². The van der Waals surface area contributed by atoms with Crippen LogP contribution in [-0.4, -0.2) is 12.6 Å². The van der Waals surface area contributed by atoms with Gasteiger partial charge >= 0.3 is 0 Å². The molecule has 1 N–H and O–H groups in total. The van der Waals surface area contributed by atoms with E-state index in [0.717, 1.165) is 17.6 Å². The van der Waals surface area contributed by atoms with Gasteiger partial charge in [0.15, 0.2) is 0 Å². The first-order valence-corrected chi connectivity index (χ1v) is 6.12. The molecule has 0 aromatic heterocycles. The number of benzene rings is 1. The summed E-state index contributed by atoms with van der Waals surface area (Å²) in [6.07, 6.45) is 3.95. The summed E-state index contributed by atoms with van der Waals surface area (Å²) in [7, 11) is 0. The molecule has 0 radical (unpaired) electrons. The Morgan fingerprint density at radius 3 is 2.60 bits per heavy atom. The minimum absolute atomic E-state index is 0.619. The molecule has 1 unspecified atom stereocenters. The number of nitrogens with one attached hydrogen (secondary N) is 1. The van der Waals surface area contributed by atoms with Gasteiger partial charge in [0.1, 0.15) is 0 Å². The Morgan fingerprint density at radius 2 is 2.00 bits per heavy atom. The van der Waals surface area contributed by atoms with Crippen molar-refractivity contribution in [3.8, 4) is 0 Å². The molecule has 1 aliphatic carbocycles. The molecule has 0 aliphatic heterocycles. The minimum Gasteiger partial charge on any atom is -0.314 e. The van der Waals surface area contributed by atoms with Crippen molar-refractivity contribution in [3.05, 3.63) is 34.9 Å². The Labute approximate surface area is 96.8 Å². The molecule has 1 aliphatic rings. The van der Waals surface area contributed by atoms with Gasteiger partial charge in [0.2, 0.25) is 0 Å². The van der Waals surface area contributed by atoms with Gasteiger partial charge in [-0.3, -0.25) is 0 Å². The zero-order valence-corrected chi connectivity index (χ0v) is 9.93. The summed E-state index contributed by atoms with van der Waals surface area (Å²) in [5.74, 6) is 0.619. The fourth-order valence-corrected chi connectivity index (χ4v) is 1.88. The Hall–Kier alpha value is -0.530. The van der Waals surface area contributed by atoms with Crippen molar-refractivity contribution in [1.82, 2.24) is 5.32 Å². The largest absolute Gasteiger partial charge is 0.314 e. The van der Waals surface area contributed by atoms with Crippen molar-refractivity contribution in [1.29, 1.82) is 0 Å². The summed E-state index contributed by atoms with van der Waals surface area (Å²) in [5, 5.41) is 4.36. The van der Waals surface area contributed by atoms with Crippen LogP contribution in [0.1, 0.15) is 37.7 Å². The highest BCUT2D eigenvalue weighted by Gasteiger charge is 2.20. The number of hydrogen-bond acceptors (Lipinski definition) is 1. The van der Waals surface area contributed by atoms with Crippen LogP contribution in [0.5, 0.6) is 0 Å². The van der Waals surface area contributed by atoms with Crippen LogP contribution in [0.25, 0.3) is 0 Å². The molecular formula is C13H18ClN. The second-order valence-electron chi connectivity index (χ2n) is 4.47. The van der Waals surface area contributed by atoms with E-state index in [4.69, 9.17) is 11.6 Å². The van der Waals surface area contributed by atoms with Gasteiger partial charge in [0.05, 0.1) is 0 Å². The maximum atomic E-state index is 5.86. The highest BCUT2D eigenvalue weighted by atomic mass is 35.5. The fourth-order valence-electron chi connectivity index (χ4n) is 1.75. The fraction of sp³-hybridized carbons (Fsp3) is 0.538. The molecule has 1 aromatic carbocycles. The Kier molecular flexibility index (Phi) is 3.66. The average Bonchev–Trinajstić information content (AvgIpc) is 3.02. The molecule has 1 atom stereocenters. The van der Waals surface area contributed by atoms with E-state index in [9.17, 15) is 0 Å². The predicted octanol–water partition coefficient (Wildman–Crippen LogP) is 3.59. The van der Waals surface area contributed by atoms with Crippen LogP contribution >= 0.6 is 11.6 Å². The van der Waals surface area contributed by atoms with E-state index in [1.54, 1.807) is 0 Å². The smallest absolute Gasteiger partial charge is 0.0406 e. The number of halogens is 1. The van der Waals surface area contributed by atoms with Crippen LogP contribution < -0.4 is 5.32 Å². The monoisotopic (exact) mass is 223 g/mol. The molecule has 0 amide bonds. The highest BCUT2D eigenvalue weighted by Crippen LogP contribution is 2.22. The van der Waals surface area contributed by atoms with Gasteiger partial charge in [0, 0.05) is 11.1 Å². The van der Waals surface area contributed by atoms with Crippen molar-refractivity contribution < 1.29 is 0 Å². The molecule has 82 valence electrons. The summed E-state index contributed by atoms with van der Waals surface area (Å²) in [6, 6.07) is 9.03. The summed E-state index contributed by atoms with van der Waals surface area (Å²) in [6.45, 7) is 3.41. The zero-order valence-electron chi connectivity index (χ0n) is 9.17. The van der Waals surface area contributed by atoms with Crippen LogP contribution in [0.3, 0.4) is 0 Å². The van der Waals surface area contributed by atoms with E-state index in [-0.39, 0.29) is 0 Å². The molecule has 1 saturated carbocycles. The number of rotatable bonds is 5. The first-order valence-electron chi connectivity index (χ1n) is 5.74. The molecule has 0 saturated heterocycles. The van der Waals surface area contributed by atoms with Crippen LogP contribution in [0.2, 0.25) is 5.02 Å². The van der Waals surface area contributed by atoms with Gasteiger partial charge in [-0.25, -0.2) is 0 Å². The zero-order chi connectivity index (χ0) is 10.7. The lowest BCUT2D eigenvalue weighted by molar-refractivity contribution is 0.592. The standard InChI is InChI=1S/C13H18ClN/c1-10(8-9-15-13-6-7-13)11-2-4-12(14)5-3-11/h2-5,10,13,15H,6-9H2,1H3. The first-order chi connectivity index (χ1) is 7.25. The molecule has 1 aromatic rings. The van der Waals surface area contributed by atoms with Gasteiger partial charge in [-0.05, 0) is 49.4 Å². The van der Waals surface area contributed by atoms with Crippen LogP contribution in [0, 0.1) is 0 Å². The van der Waals surface area contributed by atoms with Gasteiger partial charge < -0.3 is 5.32 Å². The third-order valence-corrected chi connectivity index (χ3v) is 3.28. The number of hydrogen-bond donors (Lipinski definition) is 1. The molecule has 1 nitrogen and oxygen atoms in total. The van der Waals surface area contributed by atoms with E-state index in [1.807, 2.05) is 12.1 Å². The van der Waals surface area contributed by atoms with Crippen molar-refractivity contribution >= 4 is 11.6 Å². The van der Waals surface area contributed by atoms with Gasteiger partial charge in [0.25, 0.3) is 0 Å². The predicted molar refractivity (Wildman–Crippen MR) is 65.5 cm³/mol. The molecule has 0 spiro atoms. The Balaban J connectivity index is 1.78. The summed E-state index contributed by atoms with van der Waals surface area (Å²) in [4.78, 5) is 0. The second kappa shape index (κ2) is 5.00. The summed E-state index contributed by atoms with van der Waals surface area (Å²) < 4.78 is 0. The lowest BCUT2D eigenvalue weighted by atomic mass is 9.98. The molecule has 0 bridgehead atoms. The molecule has 2 rings (SSSR count). The van der Waals surface area contributed by atoms with Crippen molar-refractivity contribution in [2.24, 2.45) is 0 Å². The normalized spacial score (nSPS) is 17.7. The topological polar surface area (TPSA) is 12.0 Å². The maximum Gasteiger partial charge on any atom is 0.0406 e. The molecule has 1 fully saturated rings. The molecular weight excluding hydrogens is 206 g/mol. The van der Waals surface area contributed by atoms with Crippen LogP contribution in [0.15, 0.2) is 24.3 Å². The molecule has 0 heterocycles. The summed E-state index contributed by atoms with van der Waals surface area (Å²) >= 11 is 5.86. The SMILES string of the molecule is CC(CCNC1CC1)c1ccc(Cl)cc1. The molecule has 15 heavy (non-hydrogen) atoms. The van der Waals surface area contributed by atoms with E-state index >= 15 is 0 Å². The lowest BCUT2D eigenvalue weighted by Gasteiger charge is -2.12. The van der Waals surface area contributed by atoms with Crippen LogP contribution in [-0.2, 0) is 0 Å². The van der Waals surface area contributed by atoms with Gasteiger partial charge in [-0.1, -0.05) is 30.7 Å². The van der Waals surface area contributed by atoms with Gasteiger partial charge in [-0.2, -0.15) is 0 Å². The van der Waals surface area contributed by atoms with Crippen molar-refractivity contribution in [2.45, 2.75) is 38.1 Å². The lowest BCUT2D eigenvalue weighted by Crippen LogP contribution is -2.18. The Bertz CT molecular complexity index is 303. The van der Waals surface area contributed by atoms with E-state index in [1.165, 1.54) is 24.8 Å². The van der Waals surface area contributed by atoms with Crippen LogP contribution in [0.4, 0.5) is 0 Å². The van der Waals surface area contributed by atoms with Crippen molar-refractivity contribution in [2.75, 3.05) is 6.54 Å². The van der Waals surface area contributed by atoms with E-state index in [0.29, 0.717) is 5.92 Å². The van der Waals surface area contributed by atoms with Crippen molar-refractivity contribution in [3.63, 3.8) is 0 Å². The Morgan fingerprint density at radius 1 is 1.33 bits per heavy atom. The molecule has 2 heteroatoms. The van der Waals surface area contributed by atoms with E-state index in [2.05, 4.69) is 24.4 Å². The maximum absolute atomic E-state index is 5.86. The second-order valence-corrected chi connectivity index (χ2v) is 4.91. The highest BCUT2D eigenvalue weighted by molar-refractivity contribution is 6.30.